The highest BCUT2D eigenvalue weighted by Crippen LogP contribution is 2.23. The van der Waals surface area contributed by atoms with E-state index in [0.29, 0.717) is 18.5 Å². The van der Waals surface area contributed by atoms with Gasteiger partial charge in [0.05, 0.1) is 11.9 Å². The van der Waals surface area contributed by atoms with Crippen LogP contribution in [0.4, 0.5) is 5.69 Å². The van der Waals surface area contributed by atoms with Gasteiger partial charge in [-0.3, -0.25) is 13.9 Å². The largest absolute Gasteiger partial charge is 0.357 e. The summed E-state index contributed by atoms with van der Waals surface area (Å²) in [5.41, 5.74) is 4.42. The molecule has 0 saturated heterocycles. The molecule has 1 atom stereocenters. The summed E-state index contributed by atoms with van der Waals surface area (Å²) in [5.74, 6) is -0.444. The average molecular weight is 536 g/mol. The van der Waals surface area contributed by atoms with Gasteiger partial charge in [0, 0.05) is 33.0 Å². The molecule has 1 N–H and O–H groups in total. The highest BCUT2D eigenvalue weighted by Gasteiger charge is 2.30. The van der Waals surface area contributed by atoms with Gasteiger partial charge in [-0.1, -0.05) is 78.4 Å². The standard InChI is InChI=1S/C30H37N3O4S/c1-23-16-18-26(19-17-23)22-32(28(30(35)31-3)21-25-12-6-5-7-13-25)29(34)15-10-20-33(38(4,36)37)27-14-9-8-11-24(27)2/h5-9,11-14,16-19,28H,10,15,20-22H2,1-4H3,(H,31,35). The van der Waals surface area contributed by atoms with Crippen LogP contribution in [0.3, 0.4) is 0 Å². The number of aryl methyl sites for hydroxylation is 2. The summed E-state index contributed by atoms with van der Waals surface area (Å²) in [7, 11) is -1.97. The quantitative estimate of drug-likeness (QED) is 0.376. The van der Waals surface area contributed by atoms with Crippen LogP contribution in [0.2, 0.25) is 0 Å². The Kier molecular flexibility index (Phi) is 10.1. The maximum atomic E-state index is 13.7. The van der Waals surface area contributed by atoms with Crippen molar-refractivity contribution < 1.29 is 18.0 Å². The summed E-state index contributed by atoms with van der Waals surface area (Å²) in [6.45, 7) is 4.30. The first-order valence-electron chi connectivity index (χ1n) is 12.7. The fourth-order valence-electron chi connectivity index (χ4n) is 4.44. The Labute approximate surface area is 226 Å². The highest BCUT2D eigenvalue weighted by atomic mass is 32.2. The van der Waals surface area contributed by atoms with E-state index in [1.54, 1.807) is 24.1 Å². The first-order chi connectivity index (χ1) is 18.1. The van der Waals surface area contributed by atoms with Crippen LogP contribution < -0.4 is 9.62 Å². The number of amides is 2. The topological polar surface area (TPSA) is 86.8 Å². The lowest BCUT2D eigenvalue weighted by atomic mass is 10.0. The molecule has 0 aromatic heterocycles. The van der Waals surface area contributed by atoms with E-state index in [0.717, 1.165) is 22.3 Å². The Hall–Kier alpha value is -3.65. The first-order valence-corrected chi connectivity index (χ1v) is 14.6. The number of para-hydroxylation sites is 1. The zero-order valence-electron chi connectivity index (χ0n) is 22.6. The van der Waals surface area contributed by atoms with Gasteiger partial charge in [-0.2, -0.15) is 0 Å². The molecule has 0 fully saturated rings. The Balaban J connectivity index is 1.84. The molecule has 8 heteroatoms. The molecule has 0 spiro atoms. The molecule has 0 radical (unpaired) electrons. The normalized spacial score (nSPS) is 12.0. The lowest BCUT2D eigenvalue weighted by Crippen LogP contribution is -2.49. The van der Waals surface area contributed by atoms with Crippen LogP contribution in [0.5, 0.6) is 0 Å². The van der Waals surface area contributed by atoms with Gasteiger partial charge in [0.1, 0.15) is 6.04 Å². The number of nitrogens with zero attached hydrogens (tertiary/aromatic N) is 2. The lowest BCUT2D eigenvalue weighted by Gasteiger charge is -2.31. The molecular weight excluding hydrogens is 498 g/mol. The molecule has 0 aliphatic rings. The molecule has 3 aromatic rings. The third-order valence-corrected chi connectivity index (χ3v) is 7.71. The number of hydrogen-bond acceptors (Lipinski definition) is 4. The Morgan fingerprint density at radius 1 is 0.868 bits per heavy atom. The van der Waals surface area contributed by atoms with Crippen LogP contribution >= 0.6 is 0 Å². The predicted molar refractivity (Wildman–Crippen MR) is 152 cm³/mol. The highest BCUT2D eigenvalue weighted by molar-refractivity contribution is 7.92. The van der Waals surface area contributed by atoms with E-state index in [9.17, 15) is 18.0 Å². The first kappa shape index (κ1) is 28.9. The van der Waals surface area contributed by atoms with E-state index >= 15 is 0 Å². The zero-order valence-corrected chi connectivity index (χ0v) is 23.4. The summed E-state index contributed by atoms with van der Waals surface area (Å²) < 4.78 is 26.5. The van der Waals surface area contributed by atoms with Crippen molar-refractivity contribution in [2.24, 2.45) is 0 Å². The van der Waals surface area contributed by atoms with E-state index in [2.05, 4.69) is 5.32 Å². The van der Waals surface area contributed by atoms with Crippen molar-refractivity contribution in [3.63, 3.8) is 0 Å². The van der Waals surface area contributed by atoms with E-state index in [1.165, 1.54) is 10.6 Å². The number of hydrogen-bond donors (Lipinski definition) is 1. The summed E-state index contributed by atoms with van der Waals surface area (Å²) >= 11 is 0. The van der Waals surface area contributed by atoms with E-state index < -0.39 is 16.1 Å². The zero-order chi connectivity index (χ0) is 27.7. The van der Waals surface area contributed by atoms with Crippen molar-refractivity contribution in [1.29, 1.82) is 0 Å². The van der Waals surface area contributed by atoms with Crippen molar-refractivity contribution in [3.05, 3.63) is 101 Å². The second-order valence-electron chi connectivity index (χ2n) is 9.55. The Bertz CT molecular complexity index is 1330. The maximum Gasteiger partial charge on any atom is 0.242 e. The number of carbonyl (C=O) groups excluding carboxylic acids is 2. The van der Waals surface area contributed by atoms with Gasteiger partial charge in [-0.05, 0) is 43.0 Å². The van der Waals surface area contributed by atoms with Crippen LogP contribution in [0.15, 0.2) is 78.9 Å². The molecule has 0 aliphatic carbocycles. The second kappa shape index (κ2) is 13.2. The van der Waals surface area contributed by atoms with Gasteiger partial charge in [0.15, 0.2) is 0 Å². The van der Waals surface area contributed by atoms with Gasteiger partial charge >= 0.3 is 0 Å². The molecule has 0 heterocycles. The number of carbonyl (C=O) groups is 2. The van der Waals surface area contributed by atoms with Crippen molar-refractivity contribution in [3.8, 4) is 0 Å². The molecule has 3 rings (SSSR count). The minimum atomic E-state index is -3.54. The molecule has 3 aromatic carbocycles. The van der Waals surface area contributed by atoms with Crippen molar-refractivity contribution in [2.45, 2.75) is 45.7 Å². The summed E-state index contributed by atoms with van der Waals surface area (Å²) in [5, 5.41) is 2.72. The van der Waals surface area contributed by atoms with E-state index in [-0.39, 0.29) is 31.3 Å². The fraction of sp³-hybridized carbons (Fsp3) is 0.333. The van der Waals surface area contributed by atoms with Gasteiger partial charge in [-0.25, -0.2) is 8.42 Å². The molecule has 1 unspecified atom stereocenters. The van der Waals surface area contributed by atoms with Crippen LogP contribution in [0, 0.1) is 13.8 Å². The fourth-order valence-corrected chi connectivity index (χ4v) is 5.46. The van der Waals surface area contributed by atoms with Crippen LogP contribution in [0.1, 0.15) is 35.1 Å². The Morgan fingerprint density at radius 2 is 1.50 bits per heavy atom. The van der Waals surface area contributed by atoms with Crippen LogP contribution in [0.25, 0.3) is 0 Å². The second-order valence-corrected chi connectivity index (χ2v) is 11.5. The van der Waals surface area contributed by atoms with Gasteiger partial charge in [0.25, 0.3) is 0 Å². The minimum Gasteiger partial charge on any atom is -0.357 e. The number of anilines is 1. The molecule has 202 valence electrons. The maximum absolute atomic E-state index is 13.7. The van der Waals surface area contributed by atoms with Crippen molar-refractivity contribution >= 4 is 27.5 Å². The monoisotopic (exact) mass is 535 g/mol. The third kappa shape index (κ3) is 7.92. The average Bonchev–Trinajstić information content (AvgIpc) is 2.89. The van der Waals surface area contributed by atoms with Gasteiger partial charge in [-0.15, -0.1) is 0 Å². The van der Waals surface area contributed by atoms with Gasteiger partial charge in [0.2, 0.25) is 21.8 Å². The summed E-state index contributed by atoms with van der Waals surface area (Å²) in [6.07, 6.45) is 1.96. The van der Waals surface area contributed by atoms with Crippen molar-refractivity contribution in [1.82, 2.24) is 10.2 Å². The summed E-state index contributed by atoms with van der Waals surface area (Å²) in [4.78, 5) is 28.3. The van der Waals surface area contributed by atoms with E-state index in [1.807, 2.05) is 80.6 Å². The molecule has 7 nitrogen and oxygen atoms in total. The van der Waals surface area contributed by atoms with Crippen LogP contribution in [-0.4, -0.2) is 51.0 Å². The SMILES string of the molecule is CNC(=O)C(Cc1ccccc1)N(Cc1ccc(C)cc1)C(=O)CCCN(c1ccccc1C)S(C)(=O)=O. The predicted octanol–water partition coefficient (Wildman–Crippen LogP) is 4.24. The van der Waals surface area contributed by atoms with E-state index in [4.69, 9.17) is 0 Å². The molecule has 38 heavy (non-hydrogen) atoms. The number of rotatable bonds is 12. The van der Waals surface area contributed by atoms with Gasteiger partial charge < -0.3 is 10.2 Å². The lowest BCUT2D eigenvalue weighted by molar-refractivity contribution is -0.141. The molecule has 2 amide bonds. The molecule has 0 saturated carbocycles. The summed E-state index contributed by atoms with van der Waals surface area (Å²) in [6, 6.07) is 24.1. The number of sulfonamides is 1. The third-order valence-electron chi connectivity index (χ3n) is 6.53. The minimum absolute atomic E-state index is 0.103. The number of benzene rings is 3. The smallest absolute Gasteiger partial charge is 0.242 e. The number of nitrogens with one attached hydrogen (secondary N) is 1. The molecule has 0 aliphatic heterocycles. The molecular formula is C30H37N3O4S. The van der Waals surface area contributed by atoms with Crippen LogP contribution in [-0.2, 0) is 32.6 Å². The Morgan fingerprint density at radius 3 is 2.11 bits per heavy atom. The van der Waals surface area contributed by atoms with Crippen molar-refractivity contribution in [2.75, 3.05) is 24.2 Å². The molecule has 0 bridgehead atoms. The number of likely N-dealkylation sites (N-methyl/N-ethyl adjacent to an activating group) is 1.